The summed E-state index contributed by atoms with van der Waals surface area (Å²) in [5.41, 5.74) is 0. The van der Waals surface area contributed by atoms with Gasteiger partial charge >= 0.3 is 0 Å². The Morgan fingerprint density at radius 1 is 0.757 bits per heavy atom. The number of unbranched alkanes of at least 4 members (excludes halogenated alkanes) is 13. The van der Waals surface area contributed by atoms with Gasteiger partial charge in [0.05, 0.1) is 34.4 Å². The number of allylic oxidation sites excluding steroid dienone is 2. The molecule has 3 atom stereocenters. The molecule has 0 aromatic carbocycles. The molecule has 0 heterocycles. The van der Waals surface area contributed by atoms with Crippen LogP contribution in [0.5, 0.6) is 0 Å². The van der Waals surface area contributed by atoms with Gasteiger partial charge in [-0.15, -0.1) is 0 Å². The molecule has 0 amide bonds. The molecule has 0 aliphatic heterocycles. The van der Waals surface area contributed by atoms with Gasteiger partial charge in [-0.1, -0.05) is 90.2 Å². The maximum atomic E-state index is 12.7. The Bertz CT molecular complexity index is 579. The molecule has 0 aliphatic carbocycles. The third-order valence-electron chi connectivity index (χ3n) is 6.93. The van der Waals surface area contributed by atoms with Crippen LogP contribution in [0.2, 0.25) is 0 Å². The zero-order chi connectivity index (χ0) is 27.8. The Morgan fingerprint density at radius 3 is 1.76 bits per heavy atom. The van der Waals surface area contributed by atoms with E-state index in [1.807, 2.05) is 28.1 Å². The van der Waals surface area contributed by atoms with Crippen molar-refractivity contribution in [3.63, 3.8) is 0 Å². The zero-order valence-electron chi connectivity index (χ0n) is 25.4. The molecule has 222 valence electrons. The van der Waals surface area contributed by atoms with Gasteiger partial charge in [0.25, 0.3) is 0 Å². The van der Waals surface area contributed by atoms with E-state index in [9.17, 15) is 9.46 Å². The molecule has 0 radical (unpaired) electrons. The normalized spacial score (nSPS) is 15.8. The van der Waals surface area contributed by atoms with E-state index in [-0.39, 0.29) is 12.7 Å². The monoisotopic (exact) mass is 547 g/mol. The largest absolute Gasteiger partial charge is 0.774 e. The molecule has 0 rings (SSSR count). The molecule has 2 unspecified atom stereocenters. The van der Waals surface area contributed by atoms with E-state index in [4.69, 9.17) is 14.0 Å². The van der Waals surface area contributed by atoms with Crippen LogP contribution >= 0.6 is 7.60 Å². The molecule has 0 spiro atoms. The van der Waals surface area contributed by atoms with Crippen molar-refractivity contribution in [3.05, 3.63) is 12.2 Å². The minimum Gasteiger partial charge on any atom is -0.774 e. The highest BCUT2D eigenvalue weighted by atomic mass is 31.2. The highest BCUT2D eigenvalue weighted by molar-refractivity contribution is 7.51. The fourth-order valence-electron chi connectivity index (χ4n) is 4.53. The van der Waals surface area contributed by atoms with Crippen molar-refractivity contribution >= 4 is 7.60 Å². The van der Waals surface area contributed by atoms with Gasteiger partial charge in [0.2, 0.25) is 0 Å². The van der Waals surface area contributed by atoms with E-state index < -0.39 is 13.4 Å². The van der Waals surface area contributed by atoms with Crippen LogP contribution in [-0.4, -0.2) is 64.4 Å². The van der Waals surface area contributed by atoms with Crippen LogP contribution in [0, 0.1) is 0 Å². The SMILES string of the molecule is CCCCCC/C=C\CCCCCCCCCCCOC[C@H](COP(=O)([O-])C(CCC)[N+](C)(C)C)OC. The number of nitrogens with zero attached hydrogens (tertiary/aromatic N) is 1. The summed E-state index contributed by atoms with van der Waals surface area (Å²) in [6.07, 6.45) is 25.2. The molecule has 6 nitrogen and oxygen atoms in total. The molecule has 0 bridgehead atoms. The average Bonchev–Trinajstić information content (AvgIpc) is 2.84. The molecule has 0 N–H and O–H groups in total. The third-order valence-corrected chi connectivity index (χ3v) is 9.12. The first-order valence-corrected chi connectivity index (χ1v) is 16.8. The van der Waals surface area contributed by atoms with Crippen molar-refractivity contribution in [1.29, 1.82) is 0 Å². The second kappa shape index (κ2) is 23.6. The quantitative estimate of drug-likeness (QED) is 0.0453. The van der Waals surface area contributed by atoms with E-state index in [1.165, 1.54) is 89.9 Å². The Balaban J connectivity index is 3.70. The van der Waals surface area contributed by atoms with Crippen LogP contribution < -0.4 is 4.89 Å². The van der Waals surface area contributed by atoms with Crippen LogP contribution in [0.1, 0.15) is 123 Å². The Kier molecular flexibility index (Phi) is 23.5. The fraction of sp³-hybridized carbons (Fsp3) is 0.933. The molecular weight excluding hydrogens is 485 g/mol. The summed E-state index contributed by atoms with van der Waals surface area (Å²) in [5, 5.41) is 0. The minimum atomic E-state index is -4.00. The second-order valence-electron chi connectivity index (χ2n) is 11.4. The third kappa shape index (κ3) is 21.3. The van der Waals surface area contributed by atoms with E-state index in [0.29, 0.717) is 24.1 Å². The minimum absolute atomic E-state index is 0.00677. The van der Waals surface area contributed by atoms with Gasteiger partial charge in [-0.3, -0.25) is 0 Å². The second-order valence-corrected chi connectivity index (χ2v) is 13.4. The van der Waals surface area contributed by atoms with E-state index in [0.717, 1.165) is 12.8 Å². The molecule has 0 fully saturated rings. The Morgan fingerprint density at radius 2 is 1.27 bits per heavy atom. The number of quaternary nitrogens is 1. The van der Waals surface area contributed by atoms with Crippen LogP contribution in [0.25, 0.3) is 0 Å². The Labute approximate surface area is 230 Å². The van der Waals surface area contributed by atoms with Gasteiger partial charge < -0.3 is 27.9 Å². The molecule has 0 saturated carbocycles. The van der Waals surface area contributed by atoms with Crippen molar-refractivity contribution in [2.24, 2.45) is 0 Å². The first kappa shape index (κ1) is 36.8. The smallest absolute Gasteiger partial charge is 0.193 e. The number of rotatable bonds is 27. The number of hydrogen-bond donors (Lipinski definition) is 0. The highest BCUT2D eigenvalue weighted by Crippen LogP contribution is 2.48. The topological polar surface area (TPSA) is 67.8 Å². The lowest BCUT2D eigenvalue weighted by Gasteiger charge is -2.41. The zero-order valence-corrected chi connectivity index (χ0v) is 26.3. The van der Waals surface area contributed by atoms with Crippen molar-refractivity contribution in [1.82, 2.24) is 0 Å². The standard InChI is InChI=1S/C30H62NO5P/c1-7-9-10-11-12-13-14-15-16-17-18-19-20-21-22-23-24-26-35-27-29(34-6)28-36-37(32,33)30(25-8-2)31(3,4)5/h13-14,29-30H,7-12,15-28H2,1-6H3/b14-13-/t29-,30?/m1/s1. The maximum absolute atomic E-state index is 12.7. The summed E-state index contributed by atoms with van der Waals surface area (Å²) in [6, 6.07) is 0. The maximum Gasteiger partial charge on any atom is 0.193 e. The van der Waals surface area contributed by atoms with Crippen LogP contribution in [-0.2, 0) is 18.6 Å². The summed E-state index contributed by atoms with van der Waals surface area (Å²) in [6.45, 7) is 5.30. The predicted molar refractivity (Wildman–Crippen MR) is 156 cm³/mol. The molecule has 0 aromatic rings. The number of methoxy groups -OCH3 is 1. The lowest BCUT2D eigenvalue weighted by Crippen LogP contribution is -2.47. The van der Waals surface area contributed by atoms with Gasteiger partial charge in [0.1, 0.15) is 6.10 Å². The lowest BCUT2D eigenvalue weighted by molar-refractivity contribution is -0.884. The number of hydrogen-bond acceptors (Lipinski definition) is 5. The Hall–Kier alpha value is -0.230. The summed E-state index contributed by atoms with van der Waals surface area (Å²) in [4.78, 5) is 12.7. The van der Waals surface area contributed by atoms with Crippen LogP contribution in [0.3, 0.4) is 0 Å². The summed E-state index contributed by atoms with van der Waals surface area (Å²) >= 11 is 0. The fourth-order valence-corrected chi connectivity index (χ4v) is 6.50. The molecule has 0 aliphatic rings. The summed E-state index contributed by atoms with van der Waals surface area (Å²) in [7, 11) is 3.24. The van der Waals surface area contributed by atoms with E-state index >= 15 is 0 Å². The van der Waals surface area contributed by atoms with Crippen molar-refractivity contribution < 1.29 is 27.9 Å². The number of ether oxygens (including phenoxy) is 2. The first-order chi connectivity index (χ1) is 17.7. The lowest BCUT2D eigenvalue weighted by atomic mass is 10.1. The average molecular weight is 548 g/mol. The van der Waals surface area contributed by atoms with Crippen molar-refractivity contribution in [2.75, 3.05) is 48.1 Å². The van der Waals surface area contributed by atoms with E-state index in [2.05, 4.69) is 19.1 Å². The van der Waals surface area contributed by atoms with E-state index in [1.54, 1.807) is 7.11 Å². The molecule has 0 saturated heterocycles. The molecule has 7 heteroatoms. The van der Waals surface area contributed by atoms with Gasteiger partial charge in [-0.2, -0.15) is 0 Å². The first-order valence-electron chi connectivity index (χ1n) is 15.2. The van der Waals surface area contributed by atoms with Gasteiger partial charge in [-0.25, -0.2) is 0 Å². The highest BCUT2D eigenvalue weighted by Gasteiger charge is 2.35. The molecule has 0 aromatic heterocycles. The predicted octanol–water partition coefficient (Wildman–Crippen LogP) is 7.85. The van der Waals surface area contributed by atoms with Crippen molar-refractivity contribution in [3.8, 4) is 0 Å². The summed E-state index contributed by atoms with van der Waals surface area (Å²) in [5.74, 6) is -0.553. The van der Waals surface area contributed by atoms with Crippen molar-refractivity contribution in [2.45, 2.75) is 135 Å². The molecular formula is C30H62NO5P. The van der Waals surface area contributed by atoms with Gasteiger partial charge in [0, 0.05) is 20.1 Å². The summed E-state index contributed by atoms with van der Waals surface area (Å²) < 4.78 is 29.6. The van der Waals surface area contributed by atoms with Crippen LogP contribution in [0.4, 0.5) is 0 Å². The van der Waals surface area contributed by atoms with Gasteiger partial charge in [-0.05, 0) is 38.5 Å². The molecule has 37 heavy (non-hydrogen) atoms. The van der Waals surface area contributed by atoms with Gasteiger partial charge in [0.15, 0.2) is 13.4 Å². The van der Waals surface area contributed by atoms with Crippen LogP contribution in [0.15, 0.2) is 12.2 Å².